The Morgan fingerprint density at radius 3 is 1.88 bits per heavy atom. The molecule has 0 saturated heterocycles. The van der Waals surface area contributed by atoms with Crippen LogP contribution in [0.1, 0.15) is 190 Å². The van der Waals surface area contributed by atoms with Crippen LogP contribution >= 0.6 is 0 Å². The van der Waals surface area contributed by atoms with Crippen molar-refractivity contribution < 1.29 is 24.9 Å². The minimum absolute atomic E-state index is 0.0596. The molecule has 0 aliphatic heterocycles. The van der Waals surface area contributed by atoms with E-state index in [-0.39, 0.29) is 40.0 Å². The van der Waals surface area contributed by atoms with Gasteiger partial charge in [-0.1, -0.05) is 144 Å². The van der Waals surface area contributed by atoms with E-state index in [4.69, 9.17) is 4.74 Å². The van der Waals surface area contributed by atoms with Crippen molar-refractivity contribution in [3.63, 3.8) is 0 Å². The van der Waals surface area contributed by atoms with E-state index < -0.39 is 34.6 Å². The van der Waals surface area contributed by atoms with Crippen LogP contribution in [0.5, 0.6) is 0 Å². The molecule has 3 N–H and O–H groups in total. The van der Waals surface area contributed by atoms with E-state index in [2.05, 4.69) is 61.5 Å². The number of fused-ring (bicyclic) bond motifs is 7. The van der Waals surface area contributed by atoms with E-state index in [1.54, 1.807) is 0 Å². The van der Waals surface area contributed by atoms with Gasteiger partial charge in [-0.05, 0) is 97.2 Å². The second-order valence-corrected chi connectivity index (χ2v) is 20.3. The topological polar surface area (TPSA) is 87.0 Å². The van der Waals surface area contributed by atoms with Crippen molar-refractivity contribution in [3.05, 3.63) is 11.6 Å². The summed E-state index contributed by atoms with van der Waals surface area (Å²) < 4.78 is 6.25. The summed E-state index contributed by atoms with van der Waals surface area (Å²) in [4.78, 5) is 14.3. The summed E-state index contributed by atoms with van der Waals surface area (Å²) in [6, 6.07) is 0. The van der Waals surface area contributed by atoms with Gasteiger partial charge in [0.1, 0.15) is 6.10 Å². The van der Waals surface area contributed by atoms with Gasteiger partial charge in [-0.15, -0.1) is 0 Å². The molecule has 0 amide bonds. The highest BCUT2D eigenvalue weighted by Gasteiger charge is 2.72. The van der Waals surface area contributed by atoms with Crippen molar-refractivity contribution in [2.75, 3.05) is 6.61 Å². The summed E-state index contributed by atoms with van der Waals surface area (Å²) >= 11 is 0. The summed E-state index contributed by atoms with van der Waals surface area (Å²) in [7, 11) is 0. The van der Waals surface area contributed by atoms with Crippen molar-refractivity contribution >= 4 is 5.97 Å². The lowest BCUT2D eigenvalue weighted by Gasteiger charge is -2.72. The third-order valence-electron chi connectivity index (χ3n) is 16.6. The predicted molar refractivity (Wildman–Crippen MR) is 204 cm³/mol. The average Bonchev–Trinajstić information content (AvgIpc) is 3.06. The molecule has 0 bridgehead atoms. The van der Waals surface area contributed by atoms with Crippen molar-refractivity contribution in [1.82, 2.24) is 0 Å². The molecule has 50 heavy (non-hydrogen) atoms. The van der Waals surface area contributed by atoms with Crippen LogP contribution in [0.2, 0.25) is 0 Å². The van der Waals surface area contributed by atoms with Crippen molar-refractivity contribution in [3.8, 4) is 0 Å². The molecular formula is C45H78O5. The van der Waals surface area contributed by atoms with Crippen LogP contribution in [0.3, 0.4) is 0 Å². The van der Waals surface area contributed by atoms with Crippen molar-refractivity contribution in [2.45, 2.75) is 209 Å². The molecule has 0 radical (unpaired) electrons. The first-order valence-corrected chi connectivity index (χ1v) is 21.4. The van der Waals surface area contributed by atoms with Crippen molar-refractivity contribution in [1.29, 1.82) is 0 Å². The number of aliphatic hydroxyl groups is 3. The Kier molecular flexibility index (Phi) is 12.4. The first-order valence-electron chi connectivity index (χ1n) is 21.4. The van der Waals surface area contributed by atoms with Crippen LogP contribution in [-0.2, 0) is 9.53 Å². The second kappa shape index (κ2) is 15.4. The van der Waals surface area contributed by atoms with Gasteiger partial charge in [-0.3, -0.25) is 4.79 Å². The monoisotopic (exact) mass is 699 g/mol. The maximum atomic E-state index is 14.3. The highest BCUT2D eigenvalue weighted by Crippen LogP contribution is 2.75. The summed E-state index contributed by atoms with van der Waals surface area (Å²) in [5.74, 6) is 0.555. The van der Waals surface area contributed by atoms with Crippen LogP contribution in [-0.4, -0.2) is 46.2 Å². The Morgan fingerprint density at radius 2 is 1.28 bits per heavy atom. The molecule has 5 heteroatoms. The lowest BCUT2D eigenvalue weighted by molar-refractivity contribution is -0.278. The standard InChI is InChI=1S/C45H78O5/c1-9-10-11-12-13-14-15-16-17-18-19-20-21-30-50-39(49)45-28-26-40(2,3)31-33(45)32-22-23-35-43(7,42(32,6)27-29-45)25-24-34-41(4,5)37(47)36(46)38(48)44(34,35)8/h22,33-38,46-48H,9-21,23-31H2,1-8H3/t33-,34-,35-,36+,37-,38-,42+,43+,44-,45-/m0/s1. The van der Waals surface area contributed by atoms with E-state index in [0.29, 0.717) is 6.61 Å². The van der Waals surface area contributed by atoms with E-state index in [1.807, 2.05) is 0 Å². The van der Waals surface area contributed by atoms with Gasteiger partial charge in [0.15, 0.2) is 0 Å². The number of ether oxygens (including phenoxy) is 1. The minimum Gasteiger partial charge on any atom is -0.465 e. The number of rotatable bonds is 15. The van der Waals surface area contributed by atoms with Crippen LogP contribution < -0.4 is 0 Å². The Hall–Kier alpha value is -0.910. The van der Waals surface area contributed by atoms with E-state index in [0.717, 1.165) is 64.2 Å². The maximum absolute atomic E-state index is 14.3. The number of carbonyl (C=O) groups is 1. The molecule has 5 rings (SSSR count). The number of hydrogen-bond donors (Lipinski definition) is 3. The molecule has 0 heterocycles. The van der Waals surface area contributed by atoms with Gasteiger partial charge in [-0.25, -0.2) is 0 Å². The van der Waals surface area contributed by atoms with Gasteiger partial charge in [0, 0.05) is 5.41 Å². The van der Waals surface area contributed by atoms with Crippen LogP contribution in [0, 0.1) is 50.2 Å². The number of hydrogen-bond acceptors (Lipinski definition) is 5. The average molecular weight is 699 g/mol. The molecule has 5 aliphatic carbocycles. The van der Waals surface area contributed by atoms with Gasteiger partial charge < -0.3 is 20.1 Å². The van der Waals surface area contributed by atoms with Crippen molar-refractivity contribution in [2.24, 2.45) is 50.2 Å². The number of esters is 1. The zero-order valence-corrected chi connectivity index (χ0v) is 33.8. The Balaban J connectivity index is 1.23. The molecule has 0 aromatic rings. The number of carbonyl (C=O) groups excluding carboxylic acids is 1. The number of unbranched alkanes of at least 4 members (excludes halogenated alkanes) is 12. The van der Waals surface area contributed by atoms with Crippen LogP contribution in [0.25, 0.3) is 0 Å². The summed E-state index contributed by atoms with van der Waals surface area (Å²) in [6.07, 6.45) is 24.1. The zero-order chi connectivity index (χ0) is 36.6. The molecule has 10 atom stereocenters. The van der Waals surface area contributed by atoms with Crippen LogP contribution in [0.15, 0.2) is 11.6 Å². The normalized spacial score (nSPS) is 41.6. The predicted octanol–water partition coefficient (Wildman–Crippen LogP) is 10.7. The lowest BCUT2D eigenvalue weighted by atomic mass is 9.33. The molecule has 4 saturated carbocycles. The van der Waals surface area contributed by atoms with E-state index in [9.17, 15) is 20.1 Å². The third-order valence-corrected chi connectivity index (χ3v) is 16.6. The van der Waals surface area contributed by atoms with Gasteiger partial charge in [0.25, 0.3) is 0 Å². The van der Waals surface area contributed by atoms with Gasteiger partial charge in [0.05, 0.1) is 24.2 Å². The Bertz CT molecular complexity index is 1190. The highest BCUT2D eigenvalue weighted by atomic mass is 16.5. The van der Waals surface area contributed by atoms with Gasteiger partial charge in [-0.2, -0.15) is 0 Å². The highest BCUT2D eigenvalue weighted by molar-refractivity contribution is 5.78. The first kappa shape index (κ1) is 40.3. The molecule has 0 aromatic heterocycles. The molecule has 0 unspecified atom stereocenters. The molecule has 0 spiro atoms. The second-order valence-electron chi connectivity index (χ2n) is 20.3. The largest absolute Gasteiger partial charge is 0.465 e. The third kappa shape index (κ3) is 6.94. The smallest absolute Gasteiger partial charge is 0.312 e. The molecular weight excluding hydrogens is 620 g/mol. The van der Waals surface area contributed by atoms with Crippen LogP contribution in [0.4, 0.5) is 0 Å². The summed E-state index contributed by atoms with van der Waals surface area (Å²) in [5.41, 5.74) is 0.0705. The SMILES string of the molecule is CCCCCCCCCCCCCCCOC(=O)[C@]12CCC(C)(C)C[C@H]1C1=CC[C@@H]3[C@@]4(C)[C@@H](O)[C@H](O)[C@H](O)C(C)(C)[C@@H]4CC[C@@]3(C)[C@]1(C)CC2. The lowest BCUT2D eigenvalue weighted by Crippen LogP contribution is -2.72. The Labute approximate surface area is 307 Å². The summed E-state index contributed by atoms with van der Waals surface area (Å²) in [6.45, 7) is 18.9. The first-order chi connectivity index (χ1) is 23.5. The molecule has 0 aromatic carbocycles. The maximum Gasteiger partial charge on any atom is 0.312 e. The fourth-order valence-corrected chi connectivity index (χ4v) is 13.1. The molecule has 288 valence electrons. The molecule has 4 fully saturated rings. The van der Waals surface area contributed by atoms with Gasteiger partial charge >= 0.3 is 5.97 Å². The van der Waals surface area contributed by atoms with E-state index >= 15 is 0 Å². The fourth-order valence-electron chi connectivity index (χ4n) is 13.1. The Morgan fingerprint density at radius 1 is 0.720 bits per heavy atom. The minimum atomic E-state index is -1.14. The van der Waals surface area contributed by atoms with Gasteiger partial charge in [0.2, 0.25) is 0 Å². The number of aliphatic hydroxyl groups excluding tert-OH is 3. The number of allylic oxidation sites excluding steroid dienone is 2. The zero-order valence-electron chi connectivity index (χ0n) is 33.8. The van der Waals surface area contributed by atoms with E-state index in [1.165, 1.54) is 76.2 Å². The fraction of sp³-hybridized carbons (Fsp3) is 0.933. The quantitative estimate of drug-likeness (QED) is 0.0900. The molecule has 5 nitrogen and oxygen atoms in total. The summed E-state index contributed by atoms with van der Waals surface area (Å²) in [5, 5.41) is 34.1. The molecule has 5 aliphatic rings.